The van der Waals surface area contributed by atoms with E-state index in [1.54, 1.807) is 36.0 Å². The van der Waals surface area contributed by atoms with Crippen molar-refractivity contribution < 1.29 is 8.42 Å². The van der Waals surface area contributed by atoms with Crippen LogP contribution in [-0.4, -0.2) is 24.1 Å². The smallest absolute Gasteiger partial charge is 0.261 e. The third-order valence-corrected chi connectivity index (χ3v) is 8.82. The fraction of sp³-hybridized carbons (Fsp3) is 0.296. The van der Waals surface area contributed by atoms with Gasteiger partial charge in [-0.3, -0.25) is 4.72 Å². The molecule has 1 aliphatic rings. The van der Waals surface area contributed by atoms with E-state index in [4.69, 9.17) is 4.98 Å². The SMILES string of the molecule is O=S(=O)(Nc1cc2[nH]c(C3CCCCC3)nc2cc1SCCc1ccccc1)c1ccccc1. The summed E-state index contributed by atoms with van der Waals surface area (Å²) in [7, 11) is -3.69. The fourth-order valence-corrected chi connectivity index (χ4v) is 6.73. The van der Waals surface area contributed by atoms with Crippen LogP contribution in [0.1, 0.15) is 49.4 Å². The van der Waals surface area contributed by atoms with Crippen LogP contribution in [0.2, 0.25) is 0 Å². The highest BCUT2D eigenvalue weighted by Crippen LogP contribution is 2.36. The molecule has 34 heavy (non-hydrogen) atoms. The molecule has 0 saturated heterocycles. The molecule has 1 aliphatic carbocycles. The van der Waals surface area contributed by atoms with Gasteiger partial charge in [-0.1, -0.05) is 67.8 Å². The second-order valence-electron chi connectivity index (χ2n) is 8.83. The first-order chi connectivity index (χ1) is 16.6. The summed E-state index contributed by atoms with van der Waals surface area (Å²) >= 11 is 1.66. The van der Waals surface area contributed by atoms with E-state index in [2.05, 4.69) is 21.8 Å². The van der Waals surface area contributed by atoms with E-state index in [-0.39, 0.29) is 4.90 Å². The van der Waals surface area contributed by atoms with Crippen molar-refractivity contribution in [1.29, 1.82) is 0 Å². The number of sulfonamides is 1. The molecule has 0 spiro atoms. The van der Waals surface area contributed by atoms with E-state index in [1.165, 1.54) is 24.8 Å². The summed E-state index contributed by atoms with van der Waals surface area (Å²) in [6, 6.07) is 22.8. The number of aromatic amines is 1. The largest absolute Gasteiger partial charge is 0.342 e. The molecule has 3 aromatic carbocycles. The number of hydrogen-bond donors (Lipinski definition) is 2. The fourth-order valence-electron chi connectivity index (χ4n) is 4.55. The molecule has 0 unspecified atom stereocenters. The van der Waals surface area contributed by atoms with E-state index in [0.29, 0.717) is 11.6 Å². The van der Waals surface area contributed by atoms with Gasteiger partial charge in [-0.2, -0.15) is 0 Å². The van der Waals surface area contributed by atoms with Gasteiger partial charge in [0.15, 0.2) is 0 Å². The van der Waals surface area contributed by atoms with Gasteiger partial charge in [0, 0.05) is 16.6 Å². The van der Waals surface area contributed by atoms with Crippen LogP contribution in [0, 0.1) is 0 Å². The monoisotopic (exact) mass is 491 g/mol. The van der Waals surface area contributed by atoms with Gasteiger partial charge in [0.25, 0.3) is 10.0 Å². The first kappa shape index (κ1) is 23.0. The molecule has 1 aromatic heterocycles. The van der Waals surface area contributed by atoms with Gasteiger partial charge in [-0.25, -0.2) is 13.4 Å². The van der Waals surface area contributed by atoms with Crippen LogP contribution in [0.15, 0.2) is 82.6 Å². The van der Waals surface area contributed by atoms with Gasteiger partial charge in [0.05, 0.1) is 21.6 Å². The van der Waals surface area contributed by atoms with E-state index in [9.17, 15) is 8.42 Å². The number of fused-ring (bicyclic) bond motifs is 1. The molecule has 0 radical (unpaired) electrons. The molecule has 2 N–H and O–H groups in total. The second kappa shape index (κ2) is 10.2. The Morgan fingerprint density at radius 2 is 1.65 bits per heavy atom. The second-order valence-corrected chi connectivity index (χ2v) is 11.6. The quantitative estimate of drug-likeness (QED) is 0.268. The van der Waals surface area contributed by atoms with Gasteiger partial charge in [-0.05, 0) is 49.1 Å². The van der Waals surface area contributed by atoms with E-state index >= 15 is 0 Å². The van der Waals surface area contributed by atoms with Gasteiger partial charge in [0.1, 0.15) is 5.82 Å². The molecular formula is C27H29N3O2S2. The number of nitrogens with zero attached hydrogens (tertiary/aromatic N) is 1. The maximum Gasteiger partial charge on any atom is 0.261 e. The number of hydrogen-bond acceptors (Lipinski definition) is 4. The van der Waals surface area contributed by atoms with Crippen molar-refractivity contribution in [2.75, 3.05) is 10.5 Å². The van der Waals surface area contributed by atoms with E-state index in [1.807, 2.05) is 36.4 Å². The Hall–Kier alpha value is -2.77. The zero-order valence-electron chi connectivity index (χ0n) is 19.0. The minimum atomic E-state index is -3.69. The minimum absolute atomic E-state index is 0.253. The van der Waals surface area contributed by atoms with E-state index in [0.717, 1.165) is 46.8 Å². The lowest BCUT2D eigenvalue weighted by molar-refractivity contribution is 0.431. The van der Waals surface area contributed by atoms with Crippen LogP contribution >= 0.6 is 11.8 Å². The Bertz CT molecular complexity index is 1350. The van der Waals surface area contributed by atoms with Crippen LogP contribution in [-0.2, 0) is 16.4 Å². The number of nitrogens with one attached hydrogen (secondary N) is 2. The van der Waals surface area contributed by atoms with Crippen LogP contribution < -0.4 is 4.72 Å². The molecule has 5 rings (SSSR count). The summed E-state index contributed by atoms with van der Waals surface area (Å²) in [6.07, 6.45) is 7.00. The highest BCUT2D eigenvalue weighted by molar-refractivity contribution is 7.99. The number of rotatable bonds is 8. The van der Waals surface area contributed by atoms with Crippen molar-refractivity contribution >= 4 is 38.5 Å². The average Bonchev–Trinajstić information content (AvgIpc) is 3.28. The molecule has 7 heteroatoms. The van der Waals surface area contributed by atoms with Crippen LogP contribution in [0.4, 0.5) is 5.69 Å². The molecule has 176 valence electrons. The lowest BCUT2D eigenvalue weighted by Gasteiger charge is -2.18. The summed E-state index contributed by atoms with van der Waals surface area (Å²) in [6.45, 7) is 0. The summed E-state index contributed by atoms with van der Waals surface area (Å²) in [4.78, 5) is 9.54. The van der Waals surface area contributed by atoms with E-state index < -0.39 is 10.0 Å². The number of H-pyrrole nitrogens is 1. The molecule has 0 bridgehead atoms. The maximum absolute atomic E-state index is 13.1. The number of imidazole rings is 1. The average molecular weight is 492 g/mol. The minimum Gasteiger partial charge on any atom is -0.342 e. The van der Waals surface area contributed by atoms with Crippen molar-refractivity contribution in [3.05, 3.63) is 84.2 Å². The molecule has 0 amide bonds. The molecule has 4 aromatic rings. The van der Waals surface area contributed by atoms with Crippen molar-refractivity contribution in [2.45, 2.75) is 54.2 Å². The topological polar surface area (TPSA) is 74.8 Å². The third kappa shape index (κ3) is 5.31. The number of thioether (sulfide) groups is 1. The summed E-state index contributed by atoms with van der Waals surface area (Å²) in [5, 5.41) is 0. The zero-order chi connectivity index (χ0) is 23.4. The summed E-state index contributed by atoms with van der Waals surface area (Å²) in [5.74, 6) is 2.33. The van der Waals surface area contributed by atoms with Gasteiger partial charge < -0.3 is 4.98 Å². The summed E-state index contributed by atoms with van der Waals surface area (Å²) < 4.78 is 29.0. The van der Waals surface area contributed by atoms with Crippen molar-refractivity contribution in [2.24, 2.45) is 0 Å². The number of benzene rings is 3. The molecule has 1 fully saturated rings. The van der Waals surface area contributed by atoms with Gasteiger partial charge >= 0.3 is 0 Å². The third-order valence-electron chi connectivity index (χ3n) is 6.38. The van der Waals surface area contributed by atoms with Gasteiger partial charge in [0.2, 0.25) is 0 Å². The Balaban J connectivity index is 1.45. The van der Waals surface area contributed by atoms with Crippen LogP contribution in [0.5, 0.6) is 0 Å². The lowest BCUT2D eigenvalue weighted by Crippen LogP contribution is -2.13. The van der Waals surface area contributed by atoms with Crippen molar-refractivity contribution in [3.63, 3.8) is 0 Å². The molecular weight excluding hydrogens is 462 g/mol. The Labute approximate surface area is 205 Å². The van der Waals surface area contributed by atoms with Crippen molar-refractivity contribution in [3.8, 4) is 0 Å². The zero-order valence-corrected chi connectivity index (χ0v) is 20.7. The highest BCUT2D eigenvalue weighted by atomic mass is 32.2. The number of aryl methyl sites for hydroxylation is 1. The van der Waals surface area contributed by atoms with Crippen molar-refractivity contribution in [1.82, 2.24) is 9.97 Å². The Morgan fingerprint density at radius 1 is 0.941 bits per heavy atom. The number of aromatic nitrogens is 2. The molecule has 0 atom stereocenters. The highest BCUT2D eigenvalue weighted by Gasteiger charge is 2.21. The molecule has 1 saturated carbocycles. The predicted octanol–water partition coefficient (Wildman–Crippen LogP) is 6.75. The van der Waals surface area contributed by atoms with Crippen LogP contribution in [0.3, 0.4) is 0 Å². The Morgan fingerprint density at radius 3 is 2.38 bits per heavy atom. The molecule has 0 aliphatic heterocycles. The molecule has 1 heterocycles. The first-order valence-corrected chi connectivity index (χ1v) is 14.3. The molecule has 5 nitrogen and oxygen atoms in total. The van der Waals surface area contributed by atoms with Gasteiger partial charge in [-0.15, -0.1) is 11.8 Å². The maximum atomic E-state index is 13.1. The predicted molar refractivity (Wildman–Crippen MR) is 140 cm³/mol. The lowest BCUT2D eigenvalue weighted by atomic mass is 9.89. The normalized spacial score (nSPS) is 14.9. The van der Waals surface area contributed by atoms with Crippen LogP contribution in [0.25, 0.3) is 11.0 Å². The Kier molecular flexibility index (Phi) is 6.92. The first-order valence-electron chi connectivity index (χ1n) is 11.9. The summed E-state index contributed by atoms with van der Waals surface area (Å²) in [5.41, 5.74) is 3.62. The standard InChI is InChI=1S/C27H29N3O2S2/c31-34(32,22-14-8-3-9-15-22)30-25-18-23-24(29-27(28-23)21-12-6-2-7-13-21)19-26(25)33-17-16-20-10-4-1-5-11-20/h1,3-5,8-11,14-15,18-19,21,30H,2,6-7,12-13,16-17H2,(H,28,29). The number of anilines is 1.